The van der Waals surface area contributed by atoms with Gasteiger partial charge >= 0.3 is 0 Å². The molecule has 0 aliphatic heterocycles. The molecule has 7 aromatic carbocycles. The largest absolute Gasteiger partial charge is 0.456 e. The number of para-hydroxylation sites is 1. The van der Waals surface area contributed by atoms with E-state index in [4.69, 9.17) is 4.42 Å². The normalized spacial score (nSPS) is 13.6. The average Bonchev–Trinajstić information content (AvgIpc) is 3.73. The topological polar surface area (TPSA) is 16.4 Å². The number of hydrogen-bond acceptors (Lipinski definition) is 3. The predicted molar refractivity (Wildman–Crippen MR) is 196 cm³/mol. The van der Waals surface area contributed by atoms with Crippen LogP contribution in [0.4, 0.5) is 17.1 Å². The van der Waals surface area contributed by atoms with Crippen LogP contribution in [0, 0.1) is 0 Å². The van der Waals surface area contributed by atoms with Crippen molar-refractivity contribution in [1.82, 2.24) is 0 Å². The summed E-state index contributed by atoms with van der Waals surface area (Å²) in [5.74, 6) is 0. The number of fused-ring (bicyclic) bond motifs is 11. The van der Waals surface area contributed by atoms with Gasteiger partial charge < -0.3 is 9.32 Å². The first kappa shape index (κ1) is 25.9. The number of furan rings is 1. The van der Waals surface area contributed by atoms with E-state index in [0.717, 1.165) is 33.6 Å². The molecular formula is C43H29NOS. The molecule has 9 aromatic rings. The Morgan fingerprint density at radius 3 is 2.07 bits per heavy atom. The zero-order valence-electron chi connectivity index (χ0n) is 25.5. The summed E-state index contributed by atoms with van der Waals surface area (Å²) in [6.45, 7) is 4.71. The fourth-order valence-electron chi connectivity index (χ4n) is 7.80. The van der Waals surface area contributed by atoms with Crippen molar-refractivity contribution in [3.8, 4) is 11.1 Å². The molecule has 2 nitrogen and oxygen atoms in total. The fraction of sp³-hybridized carbons (Fsp3) is 0.0698. The maximum Gasteiger partial charge on any atom is 0.136 e. The fourth-order valence-corrected chi connectivity index (χ4v) is 8.89. The Morgan fingerprint density at radius 1 is 0.500 bits per heavy atom. The molecule has 0 saturated carbocycles. The van der Waals surface area contributed by atoms with Crippen LogP contribution >= 0.6 is 11.3 Å². The van der Waals surface area contributed by atoms with Crippen LogP contribution in [0.5, 0.6) is 0 Å². The highest BCUT2D eigenvalue weighted by Crippen LogP contribution is 2.51. The number of anilines is 3. The van der Waals surface area contributed by atoms with Gasteiger partial charge in [0.05, 0.1) is 0 Å². The molecule has 1 aliphatic carbocycles. The average molecular weight is 608 g/mol. The van der Waals surface area contributed by atoms with E-state index in [1.54, 1.807) is 0 Å². The summed E-state index contributed by atoms with van der Waals surface area (Å²) in [6.07, 6.45) is 0. The lowest BCUT2D eigenvalue weighted by Gasteiger charge is -2.28. The van der Waals surface area contributed by atoms with Gasteiger partial charge in [0.25, 0.3) is 0 Å². The van der Waals surface area contributed by atoms with E-state index in [1.165, 1.54) is 58.6 Å². The highest BCUT2D eigenvalue weighted by Gasteiger charge is 2.35. The van der Waals surface area contributed by atoms with Crippen LogP contribution < -0.4 is 4.90 Å². The Labute approximate surface area is 270 Å². The molecule has 0 spiro atoms. The van der Waals surface area contributed by atoms with Crippen LogP contribution in [-0.4, -0.2) is 0 Å². The third-order valence-electron chi connectivity index (χ3n) is 10.0. The van der Waals surface area contributed by atoms with Crippen LogP contribution in [-0.2, 0) is 5.41 Å². The summed E-state index contributed by atoms with van der Waals surface area (Å²) in [5.41, 5.74) is 10.6. The highest BCUT2D eigenvalue weighted by atomic mass is 32.1. The van der Waals surface area contributed by atoms with Gasteiger partial charge in [0.15, 0.2) is 0 Å². The minimum absolute atomic E-state index is 0.0909. The molecule has 2 aromatic heterocycles. The standard InChI is InChI=1S/C43H29NOS/c1-43(2)36-12-6-3-9-30(36)31-20-18-29(25-37(31)43)44(28-19-22-41-35(24-28)32-10-5-8-14-40(32)46-41)27-17-15-26-16-21-39-42(34(26)23-27)33-11-4-7-13-38(33)45-39/h3-25H,1-2H3. The second-order valence-corrected chi connectivity index (χ2v) is 14.0. The smallest absolute Gasteiger partial charge is 0.136 e. The van der Waals surface area contributed by atoms with Crippen LogP contribution in [0.2, 0.25) is 0 Å². The molecule has 0 atom stereocenters. The van der Waals surface area contributed by atoms with E-state index in [2.05, 4.69) is 152 Å². The third kappa shape index (κ3) is 3.58. The lowest BCUT2D eigenvalue weighted by Crippen LogP contribution is -2.16. The van der Waals surface area contributed by atoms with Gasteiger partial charge in [0.1, 0.15) is 11.2 Å². The number of benzene rings is 7. The molecule has 0 N–H and O–H groups in total. The van der Waals surface area contributed by atoms with Gasteiger partial charge in [-0.05, 0) is 93.7 Å². The molecule has 10 rings (SSSR count). The van der Waals surface area contributed by atoms with Crippen molar-refractivity contribution < 1.29 is 4.42 Å². The molecule has 0 radical (unpaired) electrons. The van der Waals surface area contributed by atoms with Gasteiger partial charge in [-0.2, -0.15) is 0 Å². The minimum atomic E-state index is -0.0909. The zero-order valence-corrected chi connectivity index (χ0v) is 26.4. The SMILES string of the molecule is CC1(C)c2ccccc2-c2ccc(N(c3ccc4sc5ccccc5c4c3)c3ccc4ccc5oc6ccccc6c5c4c3)cc21. The summed E-state index contributed by atoms with van der Waals surface area (Å²) in [4.78, 5) is 2.44. The second-order valence-electron chi connectivity index (χ2n) is 13.0. The molecule has 46 heavy (non-hydrogen) atoms. The molecule has 0 fully saturated rings. The molecule has 1 aliphatic rings. The van der Waals surface area contributed by atoms with Crippen molar-refractivity contribution in [3.63, 3.8) is 0 Å². The van der Waals surface area contributed by atoms with Crippen molar-refractivity contribution in [2.45, 2.75) is 19.3 Å². The number of thiophene rings is 1. The molecule has 2 heterocycles. The Hall–Kier alpha value is -5.38. The van der Waals surface area contributed by atoms with E-state index in [1.807, 2.05) is 17.4 Å². The lowest BCUT2D eigenvalue weighted by molar-refractivity contribution is 0.660. The van der Waals surface area contributed by atoms with Gasteiger partial charge in [-0.15, -0.1) is 11.3 Å². The quantitative estimate of drug-likeness (QED) is 0.199. The highest BCUT2D eigenvalue weighted by molar-refractivity contribution is 7.25. The maximum atomic E-state index is 6.30. The zero-order chi connectivity index (χ0) is 30.6. The Kier molecular flexibility index (Phi) is 5.25. The van der Waals surface area contributed by atoms with Crippen LogP contribution in [0.1, 0.15) is 25.0 Å². The van der Waals surface area contributed by atoms with E-state index >= 15 is 0 Å². The van der Waals surface area contributed by atoms with E-state index < -0.39 is 0 Å². The summed E-state index contributed by atoms with van der Waals surface area (Å²) < 4.78 is 8.93. The number of nitrogens with zero attached hydrogens (tertiary/aromatic N) is 1. The van der Waals surface area contributed by atoms with E-state index in [9.17, 15) is 0 Å². The lowest BCUT2D eigenvalue weighted by atomic mass is 9.82. The van der Waals surface area contributed by atoms with Crippen molar-refractivity contribution in [3.05, 3.63) is 151 Å². The first-order valence-electron chi connectivity index (χ1n) is 15.8. The Bertz CT molecular complexity index is 2690. The summed E-state index contributed by atoms with van der Waals surface area (Å²) >= 11 is 1.86. The molecule has 0 saturated heterocycles. The van der Waals surface area contributed by atoms with Gasteiger partial charge in [0, 0.05) is 53.4 Å². The second kappa shape index (κ2) is 9.32. The third-order valence-corrected chi connectivity index (χ3v) is 11.2. The van der Waals surface area contributed by atoms with Crippen LogP contribution in [0.15, 0.2) is 144 Å². The summed E-state index contributed by atoms with van der Waals surface area (Å²) in [6, 6.07) is 51.1. The van der Waals surface area contributed by atoms with Gasteiger partial charge in [-0.1, -0.05) is 92.7 Å². The van der Waals surface area contributed by atoms with Crippen molar-refractivity contribution >= 4 is 81.3 Å². The number of rotatable bonds is 3. The van der Waals surface area contributed by atoms with E-state index in [0.29, 0.717) is 0 Å². The molecule has 218 valence electrons. The molecule has 0 unspecified atom stereocenters. The Balaban J connectivity index is 1.24. The Morgan fingerprint density at radius 2 is 1.15 bits per heavy atom. The molecule has 0 amide bonds. The minimum Gasteiger partial charge on any atom is -0.456 e. The predicted octanol–water partition coefficient (Wildman–Crippen LogP) is 12.9. The van der Waals surface area contributed by atoms with Crippen LogP contribution in [0.3, 0.4) is 0 Å². The van der Waals surface area contributed by atoms with Crippen molar-refractivity contribution in [1.29, 1.82) is 0 Å². The van der Waals surface area contributed by atoms with Crippen LogP contribution in [0.25, 0.3) is 64.0 Å². The van der Waals surface area contributed by atoms with Gasteiger partial charge in [-0.25, -0.2) is 0 Å². The summed E-state index contributed by atoms with van der Waals surface area (Å²) in [5, 5.41) is 7.31. The monoisotopic (exact) mass is 607 g/mol. The molecule has 0 bridgehead atoms. The van der Waals surface area contributed by atoms with Gasteiger partial charge in [-0.3, -0.25) is 0 Å². The maximum absolute atomic E-state index is 6.30. The molecular weight excluding hydrogens is 579 g/mol. The van der Waals surface area contributed by atoms with E-state index in [-0.39, 0.29) is 5.41 Å². The first-order valence-corrected chi connectivity index (χ1v) is 16.7. The molecule has 3 heteroatoms. The van der Waals surface area contributed by atoms with Gasteiger partial charge in [0.2, 0.25) is 0 Å². The first-order chi connectivity index (χ1) is 22.5. The van der Waals surface area contributed by atoms with Crippen molar-refractivity contribution in [2.75, 3.05) is 4.90 Å². The summed E-state index contributed by atoms with van der Waals surface area (Å²) in [7, 11) is 0. The van der Waals surface area contributed by atoms with Crippen molar-refractivity contribution in [2.24, 2.45) is 0 Å². The number of hydrogen-bond donors (Lipinski definition) is 0.